The summed E-state index contributed by atoms with van der Waals surface area (Å²) in [6.07, 6.45) is 1.48. The van der Waals surface area contributed by atoms with Crippen LogP contribution in [0.25, 0.3) is 10.2 Å². The molecule has 0 fully saturated rings. The Bertz CT molecular complexity index is 1290. The monoisotopic (exact) mass is 466 g/mol. The lowest BCUT2D eigenvalue weighted by atomic mass is 10.1. The van der Waals surface area contributed by atoms with Gasteiger partial charge in [0.05, 0.1) is 25.0 Å². The van der Waals surface area contributed by atoms with Gasteiger partial charge in [-0.3, -0.25) is 14.8 Å². The van der Waals surface area contributed by atoms with Crippen molar-refractivity contribution >= 4 is 39.5 Å². The highest BCUT2D eigenvalue weighted by molar-refractivity contribution is 7.20. The standard InChI is InChI=1S/C23H22N4O5S/c1-14-5-7-16(8-6-14)12-27-21-18(15(2)26-27)10-19(33-21)22(29)32-13-20(28)25-23(30)24-11-17-4-3-9-31-17/h3-10H,11-13H2,1-2H3,(H2,24,25,28,30). The summed E-state index contributed by atoms with van der Waals surface area (Å²) in [6, 6.07) is 12.6. The van der Waals surface area contributed by atoms with Crippen LogP contribution in [0.3, 0.4) is 0 Å². The van der Waals surface area contributed by atoms with E-state index in [9.17, 15) is 14.4 Å². The molecule has 3 amide bonds. The Balaban J connectivity index is 1.33. The Kier molecular flexibility index (Phi) is 6.55. The number of nitrogens with one attached hydrogen (secondary N) is 2. The molecule has 0 aliphatic heterocycles. The van der Waals surface area contributed by atoms with Gasteiger partial charge in [0.1, 0.15) is 15.5 Å². The van der Waals surface area contributed by atoms with Crippen LogP contribution < -0.4 is 10.6 Å². The first kappa shape index (κ1) is 22.3. The molecule has 170 valence electrons. The SMILES string of the molecule is Cc1ccc(Cn2nc(C)c3cc(C(=O)OCC(=O)NC(=O)NCc4ccco4)sc32)cc1. The van der Waals surface area contributed by atoms with E-state index in [2.05, 4.69) is 15.7 Å². The number of amides is 3. The van der Waals surface area contributed by atoms with Crippen LogP contribution in [-0.4, -0.2) is 34.3 Å². The number of aromatic nitrogens is 2. The van der Waals surface area contributed by atoms with Gasteiger partial charge in [-0.1, -0.05) is 29.8 Å². The first-order valence-electron chi connectivity index (χ1n) is 10.2. The van der Waals surface area contributed by atoms with E-state index < -0.39 is 24.5 Å². The van der Waals surface area contributed by atoms with Crippen molar-refractivity contribution in [3.63, 3.8) is 0 Å². The molecule has 0 aliphatic rings. The fraction of sp³-hybridized carbons (Fsp3) is 0.217. The van der Waals surface area contributed by atoms with Gasteiger partial charge in [-0.2, -0.15) is 5.10 Å². The van der Waals surface area contributed by atoms with Crippen LogP contribution in [0.4, 0.5) is 4.79 Å². The van der Waals surface area contributed by atoms with Crippen molar-refractivity contribution in [3.8, 4) is 0 Å². The van der Waals surface area contributed by atoms with Crippen molar-refractivity contribution in [2.45, 2.75) is 26.9 Å². The van der Waals surface area contributed by atoms with Crippen LogP contribution in [0.2, 0.25) is 0 Å². The number of imide groups is 1. The number of aryl methyl sites for hydroxylation is 2. The molecular formula is C23H22N4O5S. The predicted molar refractivity (Wildman–Crippen MR) is 122 cm³/mol. The summed E-state index contributed by atoms with van der Waals surface area (Å²) in [7, 11) is 0. The molecule has 0 aliphatic carbocycles. The van der Waals surface area contributed by atoms with Gasteiger partial charge in [-0.25, -0.2) is 9.59 Å². The van der Waals surface area contributed by atoms with Crippen LogP contribution in [-0.2, 0) is 22.6 Å². The maximum atomic E-state index is 12.5. The van der Waals surface area contributed by atoms with E-state index in [4.69, 9.17) is 9.15 Å². The number of fused-ring (bicyclic) bond motifs is 1. The molecule has 0 unspecified atom stereocenters. The van der Waals surface area contributed by atoms with E-state index in [-0.39, 0.29) is 6.54 Å². The Morgan fingerprint density at radius 3 is 2.67 bits per heavy atom. The second kappa shape index (κ2) is 9.70. The largest absolute Gasteiger partial charge is 0.467 e. The minimum Gasteiger partial charge on any atom is -0.467 e. The van der Waals surface area contributed by atoms with Crippen LogP contribution in [0.15, 0.2) is 53.1 Å². The number of urea groups is 1. The number of benzene rings is 1. The van der Waals surface area contributed by atoms with Gasteiger partial charge >= 0.3 is 12.0 Å². The zero-order valence-corrected chi connectivity index (χ0v) is 18.9. The lowest BCUT2D eigenvalue weighted by molar-refractivity contribution is -0.123. The molecular weight excluding hydrogens is 444 g/mol. The van der Waals surface area contributed by atoms with Gasteiger partial charge in [-0.15, -0.1) is 11.3 Å². The minimum absolute atomic E-state index is 0.132. The Morgan fingerprint density at radius 2 is 1.94 bits per heavy atom. The molecule has 4 rings (SSSR count). The summed E-state index contributed by atoms with van der Waals surface area (Å²) in [5, 5.41) is 10.0. The van der Waals surface area contributed by atoms with Gasteiger partial charge < -0.3 is 14.5 Å². The average molecular weight is 467 g/mol. The van der Waals surface area contributed by atoms with E-state index in [1.54, 1.807) is 18.2 Å². The maximum absolute atomic E-state index is 12.5. The lowest BCUT2D eigenvalue weighted by Crippen LogP contribution is -2.41. The van der Waals surface area contributed by atoms with E-state index in [0.717, 1.165) is 21.5 Å². The molecule has 0 saturated heterocycles. The van der Waals surface area contributed by atoms with Crippen LogP contribution in [0, 0.1) is 13.8 Å². The summed E-state index contributed by atoms with van der Waals surface area (Å²) in [4.78, 5) is 37.4. The quantitative estimate of drug-likeness (QED) is 0.403. The highest BCUT2D eigenvalue weighted by Gasteiger charge is 2.19. The number of carbonyl (C=O) groups is 3. The number of ether oxygens (including phenoxy) is 1. The third-order valence-electron chi connectivity index (χ3n) is 4.85. The fourth-order valence-electron chi connectivity index (χ4n) is 3.18. The van der Waals surface area contributed by atoms with Crippen LogP contribution in [0.5, 0.6) is 0 Å². The Hall–Kier alpha value is -3.92. The number of rotatable bonds is 7. The Labute approximate surface area is 193 Å². The van der Waals surface area contributed by atoms with Gasteiger partial charge in [0.2, 0.25) is 0 Å². The van der Waals surface area contributed by atoms with E-state index in [1.165, 1.54) is 23.2 Å². The van der Waals surface area contributed by atoms with Crippen molar-refractivity contribution in [3.05, 3.63) is 76.2 Å². The van der Waals surface area contributed by atoms with Gasteiger partial charge in [0.25, 0.3) is 5.91 Å². The fourth-order valence-corrected chi connectivity index (χ4v) is 4.23. The van der Waals surface area contributed by atoms with E-state index in [0.29, 0.717) is 17.2 Å². The Morgan fingerprint density at radius 1 is 1.15 bits per heavy atom. The minimum atomic E-state index is -0.733. The number of thiophene rings is 1. The van der Waals surface area contributed by atoms with Crippen molar-refractivity contribution in [2.24, 2.45) is 0 Å². The average Bonchev–Trinajstić information content (AvgIpc) is 3.52. The molecule has 0 atom stereocenters. The summed E-state index contributed by atoms with van der Waals surface area (Å²) in [5.41, 5.74) is 3.09. The maximum Gasteiger partial charge on any atom is 0.348 e. The molecule has 3 heterocycles. The van der Waals surface area contributed by atoms with E-state index >= 15 is 0 Å². The normalized spacial score (nSPS) is 10.8. The second-order valence-electron chi connectivity index (χ2n) is 7.44. The van der Waals surface area contributed by atoms with Crippen molar-refractivity contribution in [2.75, 3.05) is 6.61 Å². The molecule has 1 aromatic carbocycles. The van der Waals surface area contributed by atoms with Crippen LogP contribution >= 0.6 is 11.3 Å². The predicted octanol–water partition coefficient (Wildman–Crippen LogP) is 3.54. The third-order valence-corrected chi connectivity index (χ3v) is 5.98. The molecule has 0 bridgehead atoms. The summed E-state index contributed by atoms with van der Waals surface area (Å²) in [6.45, 7) is 4.05. The van der Waals surface area contributed by atoms with Crippen molar-refractivity contribution < 1.29 is 23.5 Å². The van der Waals surface area contributed by atoms with E-state index in [1.807, 2.05) is 42.8 Å². The smallest absolute Gasteiger partial charge is 0.348 e. The van der Waals surface area contributed by atoms with Gasteiger partial charge in [-0.05, 0) is 37.6 Å². The lowest BCUT2D eigenvalue weighted by Gasteiger charge is -2.06. The highest BCUT2D eigenvalue weighted by Crippen LogP contribution is 2.29. The van der Waals surface area contributed by atoms with Crippen molar-refractivity contribution in [1.29, 1.82) is 0 Å². The molecule has 2 N–H and O–H groups in total. The summed E-state index contributed by atoms with van der Waals surface area (Å²) < 4.78 is 12.0. The number of nitrogens with zero attached hydrogens (tertiary/aromatic N) is 2. The highest BCUT2D eigenvalue weighted by atomic mass is 32.1. The molecule has 4 aromatic rings. The molecule has 10 heteroatoms. The molecule has 9 nitrogen and oxygen atoms in total. The number of carbonyl (C=O) groups excluding carboxylic acids is 3. The zero-order valence-electron chi connectivity index (χ0n) is 18.1. The molecule has 0 radical (unpaired) electrons. The zero-order chi connectivity index (χ0) is 23.4. The van der Waals surface area contributed by atoms with Gasteiger partial charge in [0.15, 0.2) is 6.61 Å². The molecule has 0 saturated carbocycles. The second-order valence-corrected chi connectivity index (χ2v) is 8.48. The van der Waals surface area contributed by atoms with Crippen LogP contribution in [0.1, 0.15) is 32.3 Å². The molecule has 0 spiro atoms. The van der Waals surface area contributed by atoms with Crippen molar-refractivity contribution in [1.82, 2.24) is 20.4 Å². The molecule has 33 heavy (non-hydrogen) atoms. The third kappa shape index (κ3) is 5.47. The first-order valence-corrected chi connectivity index (χ1v) is 11.0. The number of esters is 1. The molecule has 3 aromatic heterocycles. The van der Waals surface area contributed by atoms with Gasteiger partial charge in [0, 0.05) is 5.39 Å². The summed E-state index contributed by atoms with van der Waals surface area (Å²) >= 11 is 1.25. The number of furan rings is 1. The first-order chi connectivity index (χ1) is 15.9. The topological polar surface area (TPSA) is 115 Å². The number of hydrogen-bond donors (Lipinski definition) is 2. The summed E-state index contributed by atoms with van der Waals surface area (Å²) in [5.74, 6) is -0.822. The number of hydrogen-bond acceptors (Lipinski definition) is 7.